The van der Waals surface area contributed by atoms with Crippen LogP contribution in [-0.4, -0.2) is 21.8 Å². The van der Waals surface area contributed by atoms with Gasteiger partial charge in [-0.1, -0.05) is 0 Å². The zero-order valence-electron chi connectivity index (χ0n) is 9.82. The van der Waals surface area contributed by atoms with E-state index in [1.807, 2.05) is 26.0 Å². The van der Waals surface area contributed by atoms with Crippen LogP contribution in [0.3, 0.4) is 0 Å². The molecule has 0 aliphatic heterocycles. The van der Waals surface area contributed by atoms with E-state index in [0.29, 0.717) is 5.69 Å². The van der Waals surface area contributed by atoms with Gasteiger partial charge in [-0.25, -0.2) is 5.43 Å². The Morgan fingerprint density at radius 2 is 2.33 bits per heavy atom. The summed E-state index contributed by atoms with van der Waals surface area (Å²) in [6.07, 6.45) is 0. The Labute approximate surface area is 116 Å². The summed E-state index contributed by atoms with van der Waals surface area (Å²) in [5.41, 5.74) is 4.40. The number of hydrazone groups is 1. The van der Waals surface area contributed by atoms with Gasteiger partial charge in [-0.3, -0.25) is 9.89 Å². The average Bonchev–Trinajstić information content (AvgIpc) is 2.94. The standard InChI is InChI=1S/C11H11BrN4OS/c1-6-5-8(15-13-6)11(17)16-14-7(2)9-3-4-10(12)18-9/h3-5H,1-2H3,(H,13,15)(H,16,17)/b14-7-. The molecule has 0 spiro atoms. The molecule has 2 rings (SSSR count). The summed E-state index contributed by atoms with van der Waals surface area (Å²) in [6, 6.07) is 5.55. The first-order chi connectivity index (χ1) is 8.56. The summed E-state index contributed by atoms with van der Waals surface area (Å²) in [5, 5.41) is 10.6. The number of thiophene rings is 1. The normalized spacial score (nSPS) is 11.6. The van der Waals surface area contributed by atoms with Crippen molar-refractivity contribution in [1.82, 2.24) is 15.6 Å². The van der Waals surface area contributed by atoms with Crippen LogP contribution in [0.4, 0.5) is 0 Å². The molecule has 0 aliphatic rings. The molecule has 0 atom stereocenters. The number of nitrogens with one attached hydrogen (secondary N) is 2. The Bertz CT molecular complexity index is 602. The van der Waals surface area contributed by atoms with Crippen LogP contribution >= 0.6 is 27.3 Å². The molecule has 0 saturated carbocycles. The van der Waals surface area contributed by atoms with E-state index in [0.717, 1.165) is 20.1 Å². The van der Waals surface area contributed by atoms with Crippen LogP contribution in [0.5, 0.6) is 0 Å². The molecule has 0 aliphatic carbocycles. The lowest BCUT2D eigenvalue weighted by Crippen LogP contribution is -2.19. The Balaban J connectivity index is 2.04. The minimum Gasteiger partial charge on any atom is -0.282 e. The predicted molar refractivity (Wildman–Crippen MR) is 75.0 cm³/mol. The minimum absolute atomic E-state index is 0.325. The van der Waals surface area contributed by atoms with E-state index >= 15 is 0 Å². The summed E-state index contributed by atoms with van der Waals surface area (Å²) < 4.78 is 1.03. The second-order valence-electron chi connectivity index (χ2n) is 3.68. The van der Waals surface area contributed by atoms with Gasteiger partial charge < -0.3 is 0 Å². The van der Waals surface area contributed by atoms with Crippen LogP contribution in [0.25, 0.3) is 0 Å². The third-order valence-electron chi connectivity index (χ3n) is 2.19. The summed E-state index contributed by atoms with van der Waals surface area (Å²) in [5.74, 6) is -0.325. The smallest absolute Gasteiger partial charge is 0.282 e. The third-order valence-corrected chi connectivity index (χ3v) is 3.93. The van der Waals surface area contributed by atoms with Crippen molar-refractivity contribution in [3.8, 4) is 0 Å². The van der Waals surface area contributed by atoms with Crippen molar-refractivity contribution in [2.75, 3.05) is 0 Å². The first-order valence-corrected chi connectivity index (χ1v) is 6.79. The maximum Gasteiger partial charge on any atom is 0.291 e. The van der Waals surface area contributed by atoms with Crippen molar-refractivity contribution in [2.24, 2.45) is 5.10 Å². The second kappa shape index (κ2) is 5.45. The van der Waals surface area contributed by atoms with Gasteiger partial charge >= 0.3 is 0 Å². The highest BCUT2D eigenvalue weighted by atomic mass is 79.9. The molecule has 2 heterocycles. The number of aryl methyl sites for hydroxylation is 1. The number of hydrogen-bond donors (Lipinski definition) is 2. The van der Waals surface area contributed by atoms with Gasteiger partial charge in [0.15, 0.2) is 5.69 Å². The van der Waals surface area contributed by atoms with Gasteiger partial charge in [0.05, 0.1) is 14.4 Å². The third kappa shape index (κ3) is 3.05. The number of hydrogen-bond acceptors (Lipinski definition) is 4. The highest BCUT2D eigenvalue weighted by molar-refractivity contribution is 9.11. The molecule has 7 heteroatoms. The van der Waals surface area contributed by atoms with Gasteiger partial charge in [0.2, 0.25) is 0 Å². The number of rotatable bonds is 3. The van der Waals surface area contributed by atoms with Crippen LogP contribution in [-0.2, 0) is 0 Å². The lowest BCUT2D eigenvalue weighted by molar-refractivity contribution is 0.0950. The molecule has 18 heavy (non-hydrogen) atoms. The number of halogens is 1. The highest BCUT2D eigenvalue weighted by Gasteiger charge is 2.08. The topological polar surface area (TPSA) is 70.1 Å². The van der Waals surface area contributed by atoms with Gasteiger partial charge in [-0.2, -0.15) is 10.2 Å². The maximum atomic E-state index is 11.7. The molecule has 2 aromatic heterocycles. The molecule has 2 aromatic rings. The van der Waals surface area contributed by atoms with Crippen LogP contribution in [0.15, 0.2) is 27.1 Å². The number of carbonyl (C=O) groups excluding carboxylic acids is 1. The zero-order valence-corrected chi connectivity index (χ0v) is 12.2. The highest BCUT2D eigenvalue weighted by Crippen LogP contribution is 2.22. The first-order valence-electron chi connectivity index (χ1n) is 5.18. The SMILES string of the molecule is C/C(=N/NC(=O)c1cc(C)[nH]n1)c1ccc(Br)s1. The van der Waals surface area contributed by atoms with E-state index in [9.17, 15) is 4.79 Å². The molecule has 5 nitrogen and oxygen atoms in total. The van der Waals surface area contributed by atoms with Crippen molar-refractivity contribution in [1.29, 1.82) is 0 Å². The maximum absolute atomic E-state index is 11.7. The average molecular weight is 327 g/mol. The quantitative estimate of drug-likeness (QED) is 0.672. The molecule has 0 radical (unpaired) electrons. The summed E-state index contributed by atoms with van der Waals surface area (Å²) in [4.78, 5) is 12.7. The second-order valence-corrected chi connectivity index (χ2v) is 6.14. The minimum atomic E-state index is -0.325. The molecule has 0 aromatic carbocycles. The fraction of sp³-hybridized carbons (Fsp3) is 0.182. The van der Waals surface area contributed by atoms with Gasteiger partial charge in [0.1, 0.15) is 0 Å². The van der Waals surface area contributed by atoms with Crippen molar-refractivity contribution in [3.05, 3.63) is 38.3 Å². The fourth-order valence-electron chi connectivity index (χ4n) is 1.29. The number of carbonyl (C=O) groups is 1. The first kappa shape index (κ1) is 13.0. The molecule has 2 N–H and O–H groups in total. The lowest BCUT2D eigenvalue weighted by Gasteiger charge is -1.98. The van der Waals surface area contributed by atoms with E-state index in [1.54, 1.807) is 17.4 Å². The molecule has 0 bridgehead atoms. The number of nitrogens with zero attached hydrogens (tertiary/aromatic N) is 2. The Morgan fingerprint density at radius 1 is 1.56 bits per heavy atom. The molecule has 1 amide bonds. The van der Waals surface area contributed by atoms with E-state index in [1.165, 1.54) is 0 Å². The lowest BCUT2D eigenvalue weighted by atomic mass is 10.3. The summed E-state index contributed by atoms with van der Waals surface area (Å²) >= 11 is 4.94. The van der Waals surface area contributed by atoms with Crippen molar-refractivity contribution < 1.29 is 4.79 Å². The fourth-order valence-corrected chi connectivity index (χ4v) is 2.62. The van der Waals surface area contributed by atoms with Crippen LogP contribution in [0.1, 0.15) is 28.0 Å². The Kier molecular flexibility index (Phi) is 3.93. The monoisotopic (exact) mass is 326 g/mol. The van der Waals surface area contributed by atoms with E-state index < -0.39 is 0 Å². The Hall–Kier alpha value is -1.47. The van der Waals surface area contributed by atoms with Gasteiger partial charge in [0, 0.05) is 5.69 Å². The summed E-state index contributed by atoms with van der Waals surface area (Å²) in [7, 11) is 0. The Morgan fingerprint density at radius 3 is 2.89 bits per heavy atom. The molecule has 94 valence electrons. The molecule has 0 fully saturated rings. The number of aromatic nitrogens is 2. The van der Waals surface area contributed by atoms with Crippen molar-refractivity contribution in [2.45, 2.75) is 13.8 Å². The number of H-pyrrole nitrogens is 1. The molecular formula is C11H11BrN4OS. The van der Waals surface area contributed by atoms with Crippen molar-refractivity contribution >= 4 is 38.9 Å². The number of aromatic amines is 1. The van der Waals surface area contributed by atoms with Crippen LogP contribution in [0.2, 0.25) is 0 Å². The van der Waals surface area contributed by atoms with E-state index in [2.05, 4.69) is 36.7 Å². The van der Waals surface area contributed by atoms with E-state index in [4.69, 9.17) is 0 Å². The molecule has 0 unspecified atom stereocenters. The van der Waals surface area contributed by atoms with Crippen LogP contribution < -0.4 is 5.43 Å². The van der Waals surface area contributed by atoms with Gasteiger partial charge in [0.25, 0.3) is 5.91 Å². The van der Waals surface area contributed by atoms with E-state index in [-0.39, 0.29) is 5.91 Å². The number of amides is 1. The largest absolute Gasteiger partial charge is 0.291 e. The van der Waals surface area contributed by atoms with Crippen LogP contribution in [0, 0.1) is 6.92 Å². The molecular weight excluding hydrogens is 316 g/mol. The van der Waals surface area contributed by atoms with Crippen molar-refractivity contribution in [3.63, 3.8) is 0 Å². The zero-order chi connectivity index (χ0) is 13.1. The molecule has 0 saturated heterocycles. The van der Waals surface area contributed by atoms with Gasteiger partial charge in [-0.15, -0.1) is 11.3 Å². The van der Waals surface area contributed by atoms with Gasteiger partial charge in [-0.05, 0) is 48.0 Å². The summed E-state index contributed by atoms with van der Waals surface area (Å²) in [6.45, 7) is 3.68. The predicted octanol–water partition coefficient (Wildman–Crippen LogP) is 2.70.